The van der Waals surface area contributed by atoms with Gasteiger partial charge in [-0.1, -0.05) is 12.2 Å². The number of hydrogen-bond acceptors (Lipinski definition) is 4. The third-order valence-electron chi connectivity index (χ3n) is 4.81. The minimum Gasteiger partial charge on any atom is -0.467 e. The van der Waals surface area contributed by atoms with Crippen molar-refractivity contribution in [1.29, 1.82) is 0 Å². The maximum atomic E-state index is 13.2. The van der Waals surface area contributed by atoms with E-state index in [1.807, 2.05) is 24.0 Å². The standard InChI is InChI=1S/C19H27NO4/c1-14(2)18-17(8-5-11-24-18)19(21)20(12-15-6-3-9-22-15)13-16-7-4-10-23-16/h3,6,9,16-18H,1,4-5,7-8,10-13H2,2H3/t16-,17+,18+/m0/s1. The summed E-state index contributed by atoms with van der Waals surface area (Å²) in [5.41, 5.74) is 0.920. The van der Waals surface area contributed by atoms with Crippen molar-refractivity contribution < 1.29 is 18.7 Å². The SMILES string of the molecule is C=C(C)[C@H]1OCCC[C@H]1C(=O)N(Cc1ccco1)C[C@@H]1CCCO1. The Labute approximate surface area is 143 Å². The van der Waals surface area contributed by atoms with Gasteiger partial charge in [-0.15, -0.1) is 0 Å². The highest BCUT2D eigenvalue weighted by Gasteiger charge is 2.36. The molecule has 132 valence electrons. The van der Waals surface area contributed by atoms with E-state index in [2.05, 4.69) is 6.58 Å². The van der Waals surface area contributed by atoms with E-state index in [1.165, 1.54) is 0 Å². The molecule has 24 heavy (non-hydrogen) atoms. The molecule has 0 saturated carbocycles. The van der Waals surface area contributed by atoms with E-state index in [0.29, 0.717) is 19.7 Å². The molecule has 2 aliphatic rings. The molecule has 2 fully saturated rings. The van der Waals surface area contributed by atoms with Crippen LogP contribution in [0.2, 0.25) is 0 Å². The molecular weight excluding hydrogens is 306 g/mol. The molecule has 5 heteroatoms. The Morgan fingerprint density at radius 1 is 1.29 bits per heavy atom. The Kier molecular flexibility index (Phi) is 5.74. The molecule has 3 heterocycles. The van der Waals surface area contributed by atoms with Crippen molar-refractivity contribution in [1.82, 2.24) is 4.90 Å². The van der Waals surface area contributed by atoms with E-state index >= 15 is 0 Å². The van der Waals surface area contributed by atoms with Crippen molar-refractivity contribution in [3.8, 4) is 0 Å². The zero-order chi connectivity index (χ0) is 16.9. The van der Waals surface area contributed by atoms with E-state index in [0.717, 1.165) is 43.6 Å². The average Bonchev–Trinajstić information content (AvgIpc) is 3.27. The van der Waals surface area contributed by atoms with Gasteiger partial charge in [0.05, 0.1) is 30.9 Å². The topological polar surface area (TPSA) is 51.9 Å². The molecule has 0 bridgehead atoms. The molecular formula is C19H27NO4. The van der Waals surface area contributed by atoms with Crippen LogP contribution in [0.1, 0.15) is 38.4 Å². The third kappa shape index (κ3) is 4.08. The third-order valence-corrected chi connectivity index (χ3v) is 4.81. The fourth-order valence-electron chi connectivity index (χ4n) is 3.61. The van der Waals surface area contributed by atoms with E-state index < -0.39 is 0 Å². The summed E-state index contributed by atoms with van der Waals surface area (Å²) in [4.78, 5) is 15.1. The summed E-state index contributed by atoms with van der Waals surface area (Å²) in [7, 11) is 0. The smallest absolute Gasteiger partial charge is 0.229 e. The number of rotatable bonds is 6. The number of carbonyl (C=O) groups excluding carboxylic acids is 1. The summed E-state index contributed by atoms with van der Waals surface area (Å²) in [5, 5.41) is 0. The number of amides is 1. The highest BCUT2D eigenvalue weighted by molar-refractivity contribution is 5.80. The number of nitrogens with zero attached hydrogens (tertiary/aromatic N) is 1. The zero-order valence-electron chi connectivity index (χ0n) is 14.4. The van der Waals surface area contributed by atoms with Crippen molar-refractivity contribution in [3.63, 3.8) is 0 Å². The Morgan fingerprint density at radius 2 is 2.08 bits per heavy atom. The van der Waals surface area contributed by atoms with Crippen LogP contribution in [-0.2, 0) is 20.8 Å². The molecule has 0 unspecified atom stereocenters. The van der Waals surface area contributed by atoms with E-state index in [-0.39, 0.29) is 24.0 Å². The van der Waals surface area contributed by atoms with Crippen molar-refractivity contribution in [2.45, 2.75) is 51.4 Å². The molecule has 3 rings (SSSR count). The summed E-state index contributed by atoms with van der Waals surface area (Å²) >= 11 is 0. The molecule has 1 aromatic rings. The van der Waals surface area contributed by atoms with Crippen LogP contribution in [0.3, 0.4) is 0 Å². The predicted molar refractivity (Wildman–Crippen MR) is 90.4 cm³/mol. The van der Waals surface area contributed by atoms with E-state index in [9.17, 15) is 4.79 Å². The lowest BCUT2D eigenvalue weighted by molar-refractivity contribution is -0.145. The molecule has 1 amide bonds. The Bertz CT molecular complexity index is 548. The summed E-state index contributed by atoms with van der Waals surface area (Å²) in [5.74, 6) is 0.757. The van der Waals surface area contributed by atoms with Crippen LogP contribution in [-0.4, -0.2) is 42.8 Å². The Hall–Kier alpha value is -1.59. The zero-order valence-corrected chi connectivity index (χ0v) is 14.4. The number of furan rings is 1. The first-order chi connectivity index (χ1) is 11.6. The van der Waals surface area contributed by atoms with Crippen molar-refractivity contribution >= 4 is 5.91 Å². The first-order valence-electron chi connectivity index (χ1n) is 8.85. The van der Waals surface area contributed by atoms with Gasteiger partial charge >= 0.3 is 0 Å². The first-order valence-corrected chi connectivity index (χ1v) is 8.85. The van der Waals surface area contributed by atoms with Gasteiger partial charge in [-0.25, -0.2) is 0 Å². The lowest BCUT2D eigenvalue weighted by atomic mass is 9.89. The minimum atomic E-state index is -0.185. The lowest BCUT2D eigenvalue weighted by Crippen LogP contribution is -2.46. The Balaban J connectivity index is 1.74. The maximum absolute atomic E-state index is 13.2. The average molecular weight is 333 g/mol. The second-order valence-electron chi connectivity index (χ2n) is 6.82. The largest absolute Gasteiger partial charge is 0.467 e. The van der Waals surface area contributed by atoms with Crippen LogP contribution in [0.25, 0.3) is 0 Å². The van der Waals surface area contributed by atoms with Gasteiger partial charge in [0, 0.05) is 19.8 Å². The summed E-state index contributed by atoms with van der Waals surface area (Å²) in [6, 6.07) is 3.76. The maximum Gasteiger partial charge on any atom is 0.229 e. The van der Waals surface area contributed by atoms with Gasteiger partial charge in [-0.3, -0.25) is 4.79 Å². The Morgan fingerprint density at radius 3 is 2.75 bits per heavy atom. The number of ether oxygens (including phenoxy) is 2. The van der Waals surface area contributed by atoms with Crippen molar-refractivity contribution in [2.24, 2.45) is 5.92 Å². The van der Waals surface area contributed by atoms with Gasteiger partial charge in [-0.2, -0.15) is 0 Å². The fourth-order valence-corrected chi connectivity index (χ4v) is 3.61. The van der Waals surface area contributed by atoms with Crippen LogP contribution in [0, 0.1) is 5.92 Å². The molecule has 3 atom stereocenters. The van der Waals surface area contributed by atoms with Crippen molar-refractivity contribution in [3.05, 3.63) is 36.3 Å². The quantitative estimate of drug-likeness (QED) is 0.751. The van der Waals surface area contributed by atoms with Gasteiger partial charge in [0.15, 0.2) is 0 Å². The lowest BCUT2D eigenvalue weighted by Gasteiger charge is -2.35. The van der Waals surface area contributed by atoms with Crippen molar-refractivity contribution in [2.75, 3.05) is 19.8 Å². The molecule has 0 spiro atoms. The van der Waals surface area contributed by atoms with E-state index in [4.69, 9.17) is 13.9 Å². The monoisotopic (exact) mass is 333 g/mol. The van der Waals surface area contributed by atoms with E-state index in [1.54, 1.807) is 6.26 Å². The summed E-state index contributed by atoms with van der Waals surface area (Å²) in [6.45, 7) is 8.52. The van der Waals surface area contributed by atoms with Gasteiger partial charge in [0.25, 0.3) is 0 Å². The van der Waals surface area contributed by atoms with Crippen LogP contribution < -0.4 is 0 Å². The molecule has 2 saturated heterocycles. The molecule has 5 nitrogen and oxygen atoms in total. The molecule has 0 aliphatic carbocycles. The summed E-state index contributed by atoms with van der Waals surface area (Å²) < 4.78 is 17.0. The summed E-state index contributed by atoms with van der Waals surface area (Å²) in [6.07, 6.45) is 5.41. The first kappa shape index (κ1) is 17.2. The fraction of sp³-hybridized carbons (Fsp3) is 0.632. The van der Waals surface area contributed by atoms with Gasteiger partial charge in [0.2, 0.25) is 5.91 Å². The highest BCUT2D eigenvalue weighted by Crippen LogP contribution is 2.28. The molecule has 0 N–H and O–H groups in total. The molecule has 0 radical (unpaired) electrons. The van der Waals surface area contributed by atoms with Crippen LogP contribution in [0.15, 0.2) is 35.0 Å². The van der Waals surface area contributed by atoms with Crippen LogP contribution in [0.5, 0.6) is 0 Å². The molecule has 2 aliphatic heterocycles. The van der Waals surface area contributed by atoms with Crippen LogP contribution >= 0.6 is 0 Å². The normalized spacial score (nSPS) is 27.1. The van der Waals surface area contributed by atoms with Crippen LogP contribution in [0.4, 0.5) is 0 Å². The minimum absolute atomic E-state index is 0.120. The number of carbonyl (C=O) groups is 1. The predicted octanol–water partition coefficient (Wildman–Crippen LogP) is 3.16. The van der Waals surface area contributed by atoms with Gasteiger partial charge in [0.1, 0.15) is 5.76 Å². The number of hydrogen-bond donors (Lipinski definition) is 0. The highest BCUT2D eigenvalue weighted by atomic mass is 16.5. The van der Waals surface area contributed by atoms with Gasteiger partial charge in [-0.05, 0) is 44.7 Å². The molecule has 1 aromatic heterocycles. The second-order valence-corrected chi connectivity index (χ2v) is 6.82. The molecule has 0 aromatic carbocycles. The van der Waals surface area contributed by atoms with Gasteiger partial charge < -0.3 is 18.8 Å². The second kappa shape index (κ2) is 7.99.